The summed E-state index contributed by atoms with van der Waals surface area (Å²) in [6, 6.07) is 20.5. The van der Waals surface area contributed by atoms with Crippen LogP contribution in [0.4, 0.5) is 4.39 Å². The van der Waals surface area contributed by atoms with Gasteiger partial charge in [0, 0.05) is 11.1 Å². The third-order valence-electron chi connectivity index (χ3n) is 7.02. The van der Waals surface area contributed by atoms with E-state index < -0.39 is 55.8 Å². The highest BCUT2D eigenvalue weighted by Crippen LogP contribution is 2.53. The molecule has 0 spiro atoms. The van der Waals surface area contributed by atoms with E-state index in [0.717, 1.165) is 5.56 Å². The highest BCUT2D eigenvalue weighted by Gasteiger charge is 2.71. The van der Waals surface area contributed by atoms with Gasteiger partial charge < -0.3 is 14.2 Å². The number of benzene rings is 3. The molecule has 1 unspecified atom stereocenters. The van der Waals surface area contributed by atoms with Crippen LogP contribution in [0.1, 0.15) is 48.9 Å². The van der Waals surface area contributed by atoms with Crippen molar-refractivity contribution in [2.24, 2.45) is 0 Å². The van der Waals surface area contributed by atoms with Gasteiger partial charge in [-0.25, -0.2) is 27.1 Å². The first-order valence-electron chi connectivity index (χ1n) is 14.2. The number of halogens is 1. The van der Waals surface area contributed by atoms with Gasteiger partial charge in [-0.3, -0.25) is 0 Å². The van der Waals surface area contributed by atoms with Crippen molar-refractivity contribution in [1.82, 2.24) is 4.31 Å². The largest absolute Gasteiger partial charge is 0.464 e. The van der Waals surface area contributed by atoms with E-state index >= 15 is 4.39 Å². The fourth-order valence-electron chi connectivity index (χ4n) is 5.03. The van der Waals surface area contributed by atoms with Gasteiger partial charge in [-0.15, -0.1) is 0 Å². The summed E-state index contributed by atoms with van der Waals surface area (Å²) in [4.78, 5) is 41.0. The van der Waals surface area contributed by atoms with Gasteiger partial charge in [-0.05, 0) is 69.7 Å². The Bertz CT molecular complexity index is 1760. The van der Waals surface area contributed by atoms with E-state index in [4.69, 9.17) is 14.2 Å². The second-order valence-electron chi connectivity index (χ2n) is 9.89. The quantitative estimate of drug-likeness (QED) is 0.109. The normalized spacial score (nSPS) is 15.6. The highest BCUT2D eigenvalue weighted by molar-refractivity contribution is 7.89. The lowest BCUT2D eigenvalue weighted by atomic mass is 9.76. The maximum absolute atomic E-state index is 16.8. The van der Waals surface area contributed by atoms with E-state index in [-0.39, 0.29) is 29.7 Å². The molecular weight excluding hydrogens is 601 g/mol. The van der Waals surface area contributed by atoms with Crippen LogP contribution >= 0.6 is 0 Å². The van der Waals surface area contributed by atoms with Crippen molar-refractivity contribution < 1.29 is 41.4 Å². The van der Waals surface area contributed by atoms with Gasteiger partial charge in [0.05, 0.1) is 30.6 Å². The minimum atomic E-state index is -5.04. The number of rotatable bonds is 9. The van der Waals surface area contributed by atoms with Crippen LogP contribution in [0.3, 0.4) is 0 Å². The molecule has 0 N–H and O–H groups in total. The zero-order valence-electron chi connectivity index (χ0n) is 25.2. The molecule has 0 radical (unpaired) electrons. The summed E-state index contributed by atoms with van der Waals surface area (Å²) in [5.41, 5.74) is -1.87. The number of carbonyl (C=O) groups is 3. The number of carbonyl (C=O) groups excluding carboxylic acids is 3. The summed E-state index contributed by atoms with van der Waals surface area (Å²) in [6.45, 7) is 5.28. The first-order valence-corrected chi connectivity index (χ1v) is 15.7. The molecule has 234 valence electrons. The van der Waals surface area contributed by atoms with Gasteiger partial charge in [-0.2, -0.15) is 4.39 Å². The average molecular weight is 634 g/mol. The van der Waals surface area contributed by atoms with Gasteiger partial charge in [0.1, 0.15) is 5.57 Å². The first kappa shape index (κ1) is 33.0. The van der Waals surface area contributed by atoms with Crippen molar-refractivity contribution in [2.45, 2.75) is 44.0 Å². The zero-order chi connectivity index (χ0) is 32.8. The Kier molecular flexibility index (Phi) is 10.1. The molecule has 4 rings (SSSR count). The predicted molar refractivity (Wildman–Crippen MR) is 163 cm³/mol. The average Bonchev–Trinajstić information content (AvgIpc) is 3.32. The molecule has 3 aromatic rings. The van der Waals surface area contributed by atoms with Crippen LogP contribution in [0.5, 0.6) is 0 Å². The Morgan fingerprint density at radius 3 is 1.80 bits per heavy atom. The fraction of sp³-hybridized carbons (Fsp3) is 0.265. The third-order valence-corrected chi connectivity index (χ3v) is 8.82. The summed E-state index contributed by atoms with van der Waals surface area (Å²) < 4.78 is 60.9. The zero-order valence-corrected chi connectivity index (χ0v) is 26.0. The molecule has 3 aromatic carbocycles. The first-order chi connectivity index (χ1) is 21.5. The van der Waals surface area contributed by atoms with Gasteiger partial charge >= 0.3 is 17.9 Å². The summed E-state index contributed by atoms with van der Waals surface area (Å²) in [7, 11) is -5.04. The van der Waals surface area contributed by atoms with E-state index in [1.807, 2.05) is 30.3 Å². The molecule has 0 fully saturated rings. The maximum atomic E-state index is 16.8. The molecule has 45 heavy (non-hydrogen) atoms. The molecule has 1 atom stereocenters. The summed E-state index contributed by atoms with van der Waals surface area (Å²) >= 11 is 0. The van der Waals surface area contributed by atoms with Gasteiger partial charge in [-0.1, -0.05) is 59.9 Å². The molecule has 0 amide bonds. The van der Waals surface area contributed by atoms with Crippen LogP contribution in [-0.4, -0.2) is 56.0 Å². The minimum Gasteiger partial charge on any atom is -0.464 e. The van der Waals surface area contributed by atoms with E-state index in [9.17, 15) is 22.8 Å². The molecule has 9 nitrogen and oxygen atoms in total. The lowest BCUT2D eigenvalue weighted by Crippen LogP contribution is -2.63. The summed E-state index contributed by atoms with van der Waals surface area (Å²) in [5, 5.41) is 0. The molecule has 1 heterocycles. The van der Waals surface area contributed by atoms with Crippen LogP contribution in [0.2, 0.25) is 0 Å². The molecule has 0 bridgehead atoms. The molecule has 0 aromatic heterocycles. The molecule has 0 saturated heterocycles. The Labute approximate surface area is 261 Å². The Morgan fingerprint density at radius 2 is 1.29 bits per heavy atom. The van der Waals surface area contributed by atoms with Crippen molar-refractivity contribution in [3.05, 3.63) is 113 Å². The van der Waals surface area contributed by atoms with Crippen molar-refractivity contribution in [2.75, 3.05) is 19.8 Å². The van der Waals surface area contributed by atoms with Crippen molar-refractivity contribution in [3.8, 4) is 11.8 Å². The number of hydrogen-bond donors (Lipinski definition) is 0. The number of sulfonamides is 1. The lowest BCUT2D eigenvalue weighted by molar-refractivity contribution is -0.170. The fourth-order valence-corrected chi connectivity index (χ4v) is 6.66. The Balaban J connectivity index is 2.02. The maximum Gasteiger partial charge on any atom is 0.345 e. The Morgan fingerprint density at radius 1 is 0.778 bits per heavy atom. The number of ether oxygens (including phenoxy) is 3. The molecule has 1 aliphatic heterocycles. The SMILES string of the molecule is CCOC(=O)C1=C(F)N(S(=O)(=O)c2ccc(C)cc2)C(C(=O)OCC)(C(=O)OCC)C1c1ccc(C#Cc2ccccc2)cc1. The van der Waals surface area contributed by atoms with E-state index in [1.165, 1.54) is 57.2 Å². The van der Waals surface area contributed by atoms with Crippen molar-refractivity contribution >= 4 is 27.9 Å². The number of esters is 3. The second kappa shape index (κ2) is 13.8. The Hall–Kier alpha value is -4.95. The topological polar surface area (TPSA) is 116 Å². The molecule has 0 aliphatic carbocycles. The summed E-state index contributed by atoms with van der Waals surface area (Å²) in [6.07, 6.45) is 0. The molecular formula is C34H32FNO8S. The van der Waals surface area contributed by atoms with Crippen molar-refractivity contribution in [1.29, 1.82) is 0 Å². The van der Waals surface area contributed by atoms with Crippen LogP contribution < -0.4 is 0 Å². The van der Waals surface area contributed by atoms with Crippen LogP contribution in [0.15, 0.2) is 95.3 Å². The predicted octanol–water partition coefficient (Wildman–Crippen LogP) is 4.79. The molecule has 11 heteroatoms. The second-order valence-corrected chi connectivity index (χ2v) is 11.7. The number of aryl methyl sites for hydroxylation is 1. The number of nitrogens with zero attached hydrogens (tertiary/aromatic N) is 1. The van der Waals surface area contributed by atoms with Gasteiger partial charge in [0.2, 0.25) is 5.95 Å². The van der Waals surface area contributed by atoms with Crippen LogP contribution in [0, 0.1) is 18.8 Å². The lowest BCUT2D eigenvalue weighted by Gasteiger charge is -2.38. The smallest absolute Gasteiger partial charge is 0.345 e. The van der Waals surface area contributed by atoms with E-state index in [0.29, 0.717) is 11.1 Å². The van der Waals surface area contributed by atoms with Gasteiger partial charge in [0.15, 0.2) is 0 Å². The molecule has 1 aliphatic rings. The highest BCUT2D eigenvalue weighted by atomic mass is 32.2. The van der Waals surface area contributed by atoms with Gasteiger partial charge in [0.25, 0.3) is 15.6 Å². The van der Waals surface area contributed by atoms with Crippen LogP contribution in [-0.2, 0) is 38.6 Å². The summed E-state index contributed by atoms with van der Waals surface area (Å²) in [5.74, 6) is -1.62. The minimum absolute atomic E-state index is 0.0146. The third kappa shape index (κ3) is 6.19. The standard InChI is InChI=1S/C34H32FNO8S/c1-5-42-31(37)28-29(26-19-17-25(18-20-26)16-15-24-11-9-8-10-12-24)34(32(38)43-6-2,33(39)44-7-3)36(30(28)35)45(40,41)27-21-13-23(4)14-22-27/h8-14,17-22,29H,5-7H2,1-4H3. The number of hydrogen-bond acceptors (Lipinski definition) is 8. The van der Waals surface area contributed by atoms with Crippen molar-refractivity contribution in [3.63, 3.8) is 0 Å². The van der Waals surface area contributed by atoms with E-state index in [1.54, 1.807) is 19.1 Å². The monoisotopic (exact) mass is 633 g/mol. The van der Waals surface area contributed by atoms with E-state index in [2.05, 4.69) is 11.8 Å². The molecule has 0 saturated carbocycles. The van der Waals surface area contributed by atoms with Crippen LogP contribution in [0.25, 0.3) is 0 Å².